The third-order valence-electron chi connectivity index (χ3n) is 6.69. The Morgan fingerprint density at radius 1 is 1.03 bits per heavy atom. The van der Waals surface area contributed by atoms with E-state index >= 15 is 0 Å². The summed E-state index contributed by atoms with van der Waals surface area (Å²) in [5.74, 6) is 1.19. The Labute approximate surface area is 210 Å². The minimum absolute atomic E-state index is 0.0526. The lowest BCUT2D eigenvalue weighted by atomic mass is 10.2. The summed E-state index contributed by atoms with van der Waals surface area (Å²) in [7, 11) is 0. The van der Waals surface area contributed by atoms with E-state index < -0.39 is 0 Å². The molecule has 0 radical (unpaired) electrons. The van der Waals surface area contributed by atoms with Gasteiger partial charge in [0.15, 0.2) is 11.0 Å². The first kappa shape index (κ1) is 23.4. The first-order valence-corrected chi connectivity index (χ1v) is 13.4. The standard InChI is InChI=1S/C26H30ClN5OS/c27-23-13-7-6-12-22(23)25-29-30-26(32(25)21-10-4-5-11-21)34-18-24(33)28-20-14-15-31(17-20)16-19-8-2-1-3-9-19/h1-3,6-9,12-13,20-21H,4-5,10-11,14-18H2,(H,28,33). The van der Waals surface area contributed by atoms with Crippen LogP contribution in [0.5, 0.6) is 0 Å². The van der Waals surface area contributed by atoms with Crippen molar-refractivity contribution in [3.63, 3.8) is 0 Å². The van der Waals surface area contributed by atoms with Gasteiger partial charge in [0.05, 0.1) is 10.8 Å². The van der Waals surface area contributed by atoms with Crippen molar-refractivity contribution in [1.82, 2.24) is 25.0 Å². The first-order valence-electron chi connectivity index (χ1n) is 12.1. The van der Waals surface area contributed by atoms with Crippen molar-refractivity contribution < 1.29 is 4.79 Å². The fourth-order valence-electron chi connectivity index (χ4n) is 5.03. The number of hydrogen-bond donors (Lipinski definition) is 1. The van der Waals surface area contributed by atoms with Crippen molar-refractivity contribution in [1.29, 1.82) is 0 Å². The molecule has 0 spiro atoms. The largest absolute Gasteiger partial charge is 0.351 e. The van der Waals surface area contributed by atoms with Crippen LogP contribution in [0, 0.1) is 0 Å². The van der Waals surface area contributed by atoms with Gasteiger partial charge in [-0.05, 0) is 37.0 Å². The van der Waals surface area contributed by atoms with Gasteiger partial charge in [-0.15, -0.1) is 10.2 Å². The minimum Gasteiger partial charge on any atom is -0.351 e. The Balaban J connectivity index is 1.20. The van der Waals surface area contributed by atoms with E-state index in [0.29, 0.717) is 16.8 Å². The van der Waals surface area contributed by atoms with Crippen LogP contribution in [-0.2, 0) is 11.3 Å². The highest BCUT2D eigenvalue weighted by Crippen LogP contribution is 2.38. The van der Waals surface area contributed by atoms with Gasteiger partial charge in [0.2, 0.25) is 5.91 Å². The summed E-state index contributed by atoms with van der Waals surface area (Å²) in [5, 5.41) is 13.7. The molecule has 2 fully saturated rings. The maximum absolute atomic E-state index is 12.8. The molecule has 1 saturated heterocycles. The van der Waals surface area contributed by atoms with Crippen molar-refractivity contribution in [2.75, 3.05) is 18.8 Å². The van der Waals surface area contributed by atoms with Crippen molar-refractivity contribution in [3.05, 3.63) is 65.2 Å². The van der Waals surface area contributed by atoms with Crippen LogP contribution in [0.4, 0.5) is 0 Å². The molecule has 1 amide bonds. The molecule has 2 heterocycles. The second-order valence-electron chi connectivity index (χ2n) is 9.16. The zero-order valence-corrected chi connectivity index (χ0v) is 20.8. The second-order valence-corrected chi connectivity index (χ2v) is 10.5. The van der Waals surface area contributed by atoms with E-state index in [2.05, 4.69) is 49.2 Å². The lowest BCUT2D eigenvalue weighted by molar-refractivity contribution is -0.119. The van der Waals surface area contributed by atoms with E-state index in [9.17, 15) is 4.79 Å². The predicted octanol–water partition coefficient (Wildman–Crippen LogP) is 5.20. The molecule has 6 nitrogen and oxygen atoms in total. The van der Waals surface area contributed by atoms with E-state index in [0.717, 1.165) is 55.4 Å². The molecule has 1 atom stereocenters. The Hall–Kier alpha value is -2.35. The Kier molecular flexibility index (Phi) is 7.52. The van der Waals surface area contributed by atoms with Crippen LogP contribution in [0.3, 0.4) is 0 Å². The van der Waals surface area contributed by atoms with Crippen LogP contribution in [0.15, 0.2) is 59.8 Å². The number of nitrogens with zero attached hydrogens (tertiary/aromatic N) is 4. The average molecular weight is 496 g/mol. The number of carbonyl (C=O) groups excluding carboxylic acids is 1. The molecule has 8 heteroatoms. The van der Waals surface area contributed by atoms with E-state index in [1.54, 1.807) is 0 Å². The smallest absolute Gasteiger partial charge is 0.230 e. The summed E-state index contributed by atoms with van der Waals surface area (Å²) < 4.78 is 2.21. The third kappa shape index (κ3) is 5.48. The molecule has 0 bridgehead atoms. The summed E-state index contributed by atoms with van der Waals surface area (Å²) >= 11 is 7.95. The molecule has 5 rings (SSSR count). The molecule has 1 aliphatic heterocycles. The Bertz CT molecular complexity index is 1120. The number of nitrogens with one attached hydrogen (secondary N) is 1. The SMILES string of the molecule is O=C(CSc1nnc(-c2ccccc2Cl)n1C1CCCC1)NC1CCN(Cc2ccccc2)C1. The zero-order valence-electron chi connectivity index (χ0n) is 19.2. The quantitative estimate of drug-likeness (QED) is 0.435. The van der Waals surface area contributed by atoms with Crippen LogP contribution < -0.4 is 5.32 Å². The van der Waals surface area contributed by atoms with E-state index in [1.807, 2.05) is 30.3 Å². The topological polar surface area (TPSA) is 63.1 Å². The van der Waals surface area contributed by atoms with Gasteiger partial charge in [-0.25, -0.2) is 0 Å². The van der Waals surface area contributed by atoms with Gasteiger partial charge in [0.1, 0.15) is 0 Å². The fraction of sp³-hybridized carbons (Fsp3) is 0.423. The van der Waals surface area contributed by atoms with Crippen LogP contribution in [0.1, 0.15) is 43.7 Å². The number of carbonyl (C=O) groups is 1. The highest BCUT2D eigenvalue weighted by atomic mass is 35.5. The molecular weight excluding hydrogens is 466 g/mol. The van der Waals surface area contributed by atoms with Gasteiger partial charge < -0.3 is 5.32 Å². The Morgan fingerprint density at radius 3 is 2.59 bits per heavy atom. The van der Waals surface area contributed by atoms with Gasteiger partial charge >= 0.3 is 0 Å². The third-order valence-corrected chi connectivity index (χ3v) is 7.96. The number of halogens is 1. The summed E-state index contributed by atoms with van der Waals surface area (Å²) in [5.41, 5.74) is 2.20. The summed E-state index contributed by atoms with van der Waals surface area (Å²) in [6, 6.07) is 18.8. The molecule has 34 heavy (non-hydrogen) atoms. The van der Waals surface area contributed by atoms with Crippen LogP contribution in [0.25, 0.3) is 11.4 Å². The molecule has 1 N–H and O–H groups in total. The number of benzene rings is 2. The van der Waals surface area contributed by atoms with Crippen molar-refractivity contribution in [3.8, 4) is 11.4 Å². The minimum atomic E-state index is 0.0526. The molecule has 2 aliphatic rings. The lowest BCUT2D eigenvalue weighted by Crippen LogP contribution is -2.38. The van der Waals surface area contributed by atoms with Gasteiger partial charge in [-0.3, -0.25) is 14.3 Å². The number of aromatic nitrogens is 3. The number of amides is 1. The van der Waals surface area contributed by atoms with Crippen molar-refractivity contribution >= 4 is 29.3 Å². The number of thioether (sulfide) groups is 1. The molecule has 3 aromatic rings. The average Bonchev–Trinajstić information content (AvgIpc) is 3.60. The molecular formula is C26H30ClN5OS. The second kappa shape index (κ2) is 10.9. The van der Waals surface area contributed by atoms with Crippen LogP contribution in [0.2, 0.25) is 5.02 Å². The van der Waals surface area contributed by atoms with Crippen LogP contribution >= 0.6 is 23.4 Å². The monoisotopic (exact) mass is 495 g/mol. The molecule has 1 aromatic heterocycles. The fourth-order valence-corrected chi connectivity index (χ4v) is 6.07. The molecule has 1 saturated carbocycles. The van der Waals surface area contributed by atoms with Gasteiger partial charge in [0.25, 0.3) is 0 Å². The first-order chi connectivity index (χ1) is 16.7. The highest BCUT2D eigenvalue weighted by Gasteiger charge is 2.27. The zero-order chi connectivity index (χ0) is 23.3. The van der Waals surface area contributed by atoms with Gasteiger partial charge in [-0.2, -0.15) is 0 Å². The molecule has 2 aromatic carbocycles. The van der Waals surface area contributed by atoms with Crippen LogP contribution in [-0.4, -0.2) is 50.5 Å². The highest BCUT2D eigenvalue weighted by molar-refractivity contribution is 7.99. The van der Waals surface area contributed by atoms with Crippen molar-refractivity contribution in [2.45, 2.75) is 55.9 Å². The van der Waals surface area contributed by atoms with Gasteiger partial charge in [0, 0.05) is 37.3 Å². The van der Waals surface area contributed by atoms with E-state index in [-0.39, 0.29) is 11.9 Å². The molecule has 1 aliphatic carbocycles. The van der Waals surface area contributed by atoms with E-state index in [4.69, 9.17) is 11.6 Å². The lowest BCUT2D eigenvalue weighted by Gasteiger charge is -2.18. The number of likely N-dealkylation sites (tertiary alicyclic amines) is 1. The van der Waals surface area contributed by atoms with Gasteiger partial charge in [-0.1, -0.05) is 78.7 Å². The normalized spacial score (nSPS) is 19.0. The van der Waals surface area contributed by atoms with Crippen molar-refractivity contribution in [2.24, 2.45) is 0 Å². The predicted molar refractivity (Wildman–Crippen MR) is 137 cm³/mol. The molecule has 1 unspecified atom stereocenters. The van der Waals surface area contributed by atoms with E-state index in [1.165, 1.54) is 30.2 Å². The Morgan fingerprint density at radius 2 is 1.79 bits per heavy atom. The maximum Gasteiger partial charge on any atom is 0.230 e. The number of rotatable bonds is 8. The summed E-state index contributed by atoms with van der Waals surface area (Å²) in [4.78, 5) is 15.2. The number of hydrogen-bond acceptors (Lipinski definition) is 5. The maximum atomic E-state index is 12.8. The molecule has 178 valence electrons. The summed E-state index contributed by atoms with van der Waals surface area (Å²) in [6.07, 6.45) is 5.61. The summed E-state index contributed by atoms with van der Waals surface area (Å²) in [6.45, 7) is 2.82.